The molecule has 2 bridgehead atoms. The Balaban J connectivity index is 1.50. The van der Waals surface area contributed by atoms with Crippen LogP contribution in [0.25, 0.3) is 10.9 Å². The third kappa shape index (κ3) is 1.62. The molecule has 0 spiro atoms. The fraction of sp³-hybridized carbons (Fsp3) is 0.600. The summed E-state index contributed by atoms with van der Waals surface area (Å²) in [6.45, 7) is 2.73. The molecule has 3 nitrogen and oxygen atoms in total. The lowest BCUT2D eigenvalue weighted by Crippen LogP contribution is -3.23. The molecule has 6 atom stereocenters. The molecule has 5 aliphatic rings. The molecule has 23 heavy (non-hydrogen) atoms. The van der Waals surface area contributed by atoms with E-state index in [1.165, 1.54) is 56.1 Å². The maximum atomic E-state index is 3.86. The number of rotatable bonds is 0. The van der Waals surface area contributed by atoms with Crippen molar-refractivity contribution in [2.75, 3.05) is 13.1 Å². The predicted molar refractivity (Wildman–Crippen MR) is 90.4 cm³/mol. The molecular formula is C20H27N3+2. The highest BCUT2D eigenvalue weighted by molar-refractivity contribution is 5.85. The number of hydrogen-bond acceptors (Lipinski definition) is 0. The molecule has 3 saturated heterocycles. The van der Waals surface area contributed by atoms with Crippen molar-refractivity contribution < 1.29 is 10.2 Å². The summed E-state index contributed by atoms with van der Waals surface area (Å²) in [7, 11) is 0. The van der Waals surface area contributed by atoms with Crippen molar-refractivity contribution >= 4 is 10.9 Å². The van der Waals surface area contributed by atoms with Gasteiger partial charge in [-0.2, -0.15) is 0 Å². The highest BCUT2D eigenvalue weighted by Gasteiger charge is 2.60. The highest BCUT2D eigenvalue weighted by atomic mass is 15.3. The van der Waals surface area contributed by atoms with Crippen LogP contribution in [0.5, 0.6) is 0 Å². The number of hydrogen-bond donors (Lipinski definition) is 3. The topological polar surface area (TPSA) is 36.8 Å². The van der Waals surface area contributed by atoms with E-state index < -0.39 is 0 Å². The van der Waals surface area contributed by atoms with E-state index in [0.717, 1.165) is 30.0 Å². The Kier molecular flexibility index (Phi) is 2.61. The quantitative estimate of drug-likeness (QED) is 0.643. The first-order valence-corrected chi connectivity index (χ1v) is 9.70. The molecule has 1 saturated carbocycles. The van der Waals surface area contributed by atoms with Crippen molar-refractivity contribution in [3.8, 4) is 0 Å². The first-order valence-electron chi connectivity index (χ1n) is 9.70. The third-order valence-corrected chi connectivity index (χ3v) is 7.62. The molecular weight excluding hydrogens is 282 g/mol. The van der Waals surface area contributed by atoms with Crippen LogP contribution >= 0.6 is 0 Å². The standard InChI is InChI=1S/C20H25N3/c1-2-6-16-12(4-1)13-9-11-23-17-8-7-15(20(23)19(13)22-16)18-14(17)5-3-10-21-18/h1-2,4,6,14-15,17-18,20-22H,3,5,7-11H2/p+2/t14-,15-,17+,18-,20-/m1/s1. The van der Waals surface area contributed by atoms with Crippen molar-refractivity contribution in [2.24, 2.45) is 11.8 Å². The molecule has 4 aliphatic heterocycles. The van der Waals surface area contributed by atoms with Crippen molar-refractivity contribution in [1.29, 1.82) is 0 Å². The molecule has 1 aromatic carbocycles. The second-order valence-electron chi connectivity index (χ2n) is 8.37. The van der Waals surface area contributed by atoms with E-state index in [0.29, 0.717) is 0 Å². The van der Waals surface area contributed by atoms with Crippen LogP contribution in [0.1, 0.15) is 43.0 Å². The van der Waals surface area contributed by atoms with Crippen LogP contribution < -0.4 is 10.2 Å². The van der Waals surface area contributed by atoms with E-state index in [-0.39, 0.29) is 0 Å². The van der Waals surface area contributed by atoms with Gasteiger partial charge >= 0.3 is 0 Å². The molecule has 120 valence electrons. The summed E-state index contributed by atoms with van der Waals surface area (Å²) in [5.41, 5.74) is 4.62. The molecule has 7 rings (SSSR count). The number of aromatic amines is 1. The Labute approximate surface area is 137 Å². The number of aromatic nitrogens is 1. The first-order chi connectivity index (χ1) is 11.4. The number of quaternary nitrogens is 2. The molecule has 5 heterocycles. The number of nitrogens with one attached hydrogen (secondary N) is 2. The molecule has 1 aromatic heterocycles. The van der Waals surface area contributed by atoms with Gasteiger partial charge in [0, 0.05) is 23.7 Å². The van der Waals surface area contributed by atoms with Crippen molar-refractivity contribution in [2.45, 2.75) is 50.2 Å². The van der Waals surface area contributed by atoms with Crippen LogP contribution in [-0.4, -0.2) is 30.2 Å². The van der Waals surface area contributed by atoms with Gasteiger partial charge < -0.3 is 15.2 Å². The summed E-state index contributed by atoms with van der Waals surface area (Å²) in [6.07, 6.45) is 7.17. The number of nitrogens with two attached hydrogens (primary N) is 1. The minimum atomic E-state index is 0.750. The Bertz CT molecular complexity index is 763. The van der Waals surface area contributed by atoms with Gasteiger partial charge in [-0.15, -0.1) is 0 Å². The number of para-hydroxylation sites is 1. The highest BCUT2D eigenvalue weighted by Crippen LogP contribution is 2.44. The van der Waals surface area contributed by atoms with Crippen LogP contribution in [-0.2, 0) is 6.42 Å². The van der Waals surface area contributed by atoms with Gasteiger partial charge in [0.1, 0.15) is 12.1 Å². The number of H-pyrrole nitrogens is 1. The summed E-state index contributed by atoms with van der Waals surface area (Å²) in [4.78, 5) is 5.80. The van der Waals surface area contributed by atoms with Gasteiger partial charge in [-0.3, -0.25) is 0 Å². The van der Waals surface area contributed by atoms with E-state index in [4.69, 9.17) is 0 Å². The van der Waals surface area contributed by atoms with E-state index in [1.54, 1.807) is 11.3 Å². The fourth-order valence-electron chi connectivity index (χ4n) is 6.89. The molecule has 0 radical (unpaired) electrons. The van der Waals surface area contributed by atoms with E-state index in [9.17, 15) is 0 Å². The predicted octanol–water partition coefficient (Wildman–Crippen LogP) is 0.784. The van der Waals surface area contributed by atoms with Crippen LogP contribution in [0.4, 0.5) is 0 Å². The minimum Gasteiger partial charge on any atom is -0.353 e. The molecule has 3 heteroatoms. The fourth-order valence-corrected chi connectivity index (χ4v) is 6.89. The van der Waals surface area contributed by atoms with E-state index >= 15 is 0 Å². The largest absolute Gasteiger partial charge is 0.353 e. The molecule has 4 N–H and O–H groups in total. The van der Waals surface area contributed by atoms with E-state index in [1.807, 2.05) is 4.90 Å². The number of fused-ring (bicyclic) bond motifs is 4. The molecule has 0 amide bonds. The average molecular weight is 309 g/mol. The molecule has 1 aliphatic carbocycles. The summed E-state index contributed by atoms with van der Waals surface area (Å²) in [5.74, 6) is 1.90. The van der Waals surface area contributed by atoms with Crippen molar-refractivity contribution in [3.05, 3.63) is 35.5 Å². The monoisotopic (exact) mass is 309 g/mol. The van der Waals surface area contributed by atoms with Gasteiger partial charge in [-0.1, -0.05) is 18.2 Å². The lowest BCUT2D eigenvalue weighted by Gasteiger charge is -2.56. The Morgan fingerprint density at radius 3 is 3.04 bits per heavy atom. The second kappa shape index (κ2) is 4.61. The maximum absolute atomic E-state index is 3.86. The zero-order valence-corrected chi connectivity index (χ0v) is 13.7. The van der Waals surface area contributed by atoms with E-state index in [2.05, 4.69) is 34.6 Å². The van der Waals surface area contributed by atoms with Gasteiger partial charge in [0.05, 0.1) is 36.7 Å². The summed E-state index contributed by atoms with van der Waals surface area (Å²) in [6, 6.07) is 11.6. The Hall–Kier alpha value is -1.32. The summed E-state index contributed by atoms with van der Waals surface area (Å²) < 4.78 is 0. The average Bonchev–Trinajstić information content (AvgIpc) is 3.01. The molecule has 2 aromatic rings. The second-order valence-corrected chi connectivity index (χ2v) is 8.37. The van der Waals surface area contributed by atoms with Gasteiger partial charge in [0.2, 0.25) is 0 Å². The summed E-state index contributed by atoms with van der Waals surface area (Å²) >= 11 is 0. The zero-order valence-electron chi connectivity index (χ0n) is 13.7. The zero-order chi connectivity index (χ0) is 15.0. The van der Waals surface area contributed by atoms with Crippen molar-refractivity contribution in [3.63, 3.8) is 0 Å². The smallest absolute Gasteiger partial charge is 0.137 e. The summed E-state index contributed by atoms with van der Waals surface area (Å²) in [5, 5.41) is 4.21. The normalized spacial score (nSPS) is 41.4. The lowest BCUT2D eigenvalue weighted by atomic mass is 9.61. The van der Waals surface area contributed by atoms with Crippen LogP contribution in [0.3, 0.4) is 0 Å². The van der Waals surface area contributed by atoms with Crippen LogP contribution in [0, 0.1) is 11.8 Å². The Morgan fingerprint density at radius 1 is 1.09 bits per heavy atom. The first kappa shape index (κ1) is 13.0. The SMILES string of the molecule is c1ccc2c3c([nH]c2c1)[C@H]1[C@@H]2CC[C@@H]([C@H]4CCC[NH2+][C@@H]24)[NH+]1CC3. The molecule has 4 fully saturated rings. The number of benzene rings is 1. The Morgan fingerprint density at radius 2 is 2.04 bits per heavy atom. The van der Waals surface area contributed by atoms with Gasteiger partial charge in [0.15, 0.2) is 0 Å². The van der Waals surface area contributed by atoms with Crippen LogP contribution in [0.15, 0.2) is 24.3 Å². The van der Waals surface area contributed by atoms with Gasteiger partial charge in [-0.25, -0.2) is 0 Å². The third-order valence-electron chi connectivity index (χ3n) is 7.62. The molecule has 1 unspecified atom stereocenters. The minimum absolute atomic E-state index is 0.750. The van der Waals surface area contributed by atoms with Gasteiger partial charge in [0.25, 0.3) is 0 Å². The van der Waals surface area contributed by atoms with Crippen LogP contribution in [0.2, 0.25) is 0 Å². The lowest BCUT2D eigenvalue weighted by molar-refractivity contribution is -0.989. The van der Waals surface area contributed by atoms with Crippen molar-refractivity contribution in [1.82, 2.24) is 4.98 Å². The maximum Gasteiger partial charge on any atom is 0.137 e. The van der Waals surface area contributed by atoms with Gasteiger partial charge in [-0.05, 0) is 30.9 Å². The number of piperidine rings is 3.